The lowest BCUT2D eigenvalue weighted by Crippen LogP contribution is -2.47. The highest BCUT2D eigenvalue weighted by molar-refractivity contribution is 5.96. The first-order valence-electron chi connectivity index (χ1n) is 5.71. The van der Waals surface area contributed by atoms with Crippen molar-refractivity contribution in [2.24, 2.45) is 5.92 Å². The first-order valence-corrected chi connectivity index (χ1v) is 5.71. The fraction of sp³-hybridized carbons (Fsp3) is 0.636. The molecule has 2 rings (SSSR count). The van der Waals surface area contributed by atoms with Crippen molar-refractivity contribution in [1.29, 1.82) is 0 Å². The zero-order valence-corrected chi connectivity index (χ0v) is 9.73. The number of imidazole rings is 1. The molecule has 2 heterocycles. The third-order valence-corrected chi connectivity index (χ3v) is 3.21. The molecule has 16 heavy (non-hydrogen) atoms. The van der Waals surface area contributed by atoms with E-state index >= 15 is 0 Å². The number of aromatic nitrogens is 2. The molecule has 1 aliphatic heterocycles. The third kappa shape index (κ3) is 1.95. The largest absolute Gasteiger partial charge is 0.349 e. The summed E-state index contributed by atoms with van der Waals surface area (Å²) in [6, 6.07) is -0.0980. The Morgan fingerprint density at radius 3 is 3.06 bits per heavy atom. The SMILES string of the molecule is CNC1C(=O)N(c2c[nH]cn2)CCCC1C. The summed E-state index contributed by atoms with van der Waals surface area (Å²) in [5.74, 6) is 1.22. The van der Waals surface area contributed by atoms with Crippen LogP contribution in [-0.2, 0) is 4.79 Å². The summed E-state index contributed by atoms with van der Waals surface area (Å²) in [6.07, 6.45) is 5.46. The van der Waals surface area contributed by atoms with Crippen molar-refractivity contribution < 1.29 is 4.79 Å². The van der Waals surface area contributed by atoms with Gasteiger partial charge in [-0.2, -0.15) is 0 Å². The number of nitrogens with one attached hydrogen (secondary N) is 2. The second-order valence-electron chi connectivity index (χ2n) is 4.30. The molecular formula is C11H18N4O. The molecule has 0 bridgehead atoms. The van der Waals surface area contributed by atoms with Crippen molar-refractivity contribution in [2.45, 2.75) is 25.8 Å². The molecule has 2 N–H and O–H groups in total. The van der Waals surface area contributed by atoms with Crippen LogP contribution in [0.4, 0.5) is 5.82 Å². The predicted molar refractivity (Wildman–Crippen MR) is 62.2 cm³/mol. The van der Waals surface area contributed by atoms with Crippen molar-refractivity contribution in [1.82, 2.24) is 15.3 Å². The van der Waals surface area contributed by atoms with Gasteiger partial charge in [0.15, 0.2) is 5.82 Å². The Morgan fingerprint density at radius 1 is 1.62 bits per heavy atom. The Labute approximate surface area is 95.2 Å². The van der Waals surface area contributed by atoms with E-state index in [2.05, 4.69) is 22.2 Å². The molecule has 1 fully saturated rings. The normalized spacial score (nSPS) is 26.9. The number of anilines is 1. The second kappa shape index (κ2) is 4.65. The predicted octanol–water partition coefficient (Wildman–Crippen LogP) is 0.761. The Bertz CT molecular complexity index is 349. The van der Waals surface area contributed by atoms with E-state index in [0.29, 0.717) is 5.92 Å². The van der Waals surface area contributed by atoms with E-state index < -0.39 is 0 Å². The zero-order chi connectivity index (χ0) is 11.5. The summed E-state index contributed by atoms with van der Waals surface area (Å²) in [6.45, 7) is 2.87. The maximum absolute atomic E-state index is 12.3. The molecule has 0 radical (unpaired) electrons. The molecule has 1 amide bonds. The number of hydrogen-bond donors (Lipinski definition) is 2. The van der Waals surface area contributed by atoms with Crippen molar-refractivity contribution in [3.05, 3.63) is 12.5 Å². The van der Waals surface area contributed by atoms with E-state index in [-0.39, 0.29) is 11.9 Å². The molecule has 1 aliphatic rings. The van der Waals surface area contributed by atoms with Crippen LogP contribution in [0.3, 0.4) is 0 Å². The number of H-pyrrole nitrogens is 1. The van der Waals surface area contributed by atoms with Crippen LogP contribution in [0, 0.1) is 5.92 Å². The van der Waals surface area contributed by atoms with Gasteiger partial charge in [0.2, 0.25) is 5.91 Å². The van der Waals surface area contributed by atoms with Crippen LogP contribution in [0.5, 0.6) is 0 Å². The molecule has 88 valence electrons. The minimum Gasteiger partial charge on any atom is -0.349 e. The van der Waals surface area contributed by atoms with Gasteiger partial charge >= 0.3 is 0 Å². The van der Waals surface area contributed by atoms with Crippen molar-refractivity contribution >= 4 is 11.7 Å². The van der Waals surface area contributed by atoms with Crippen LogP contribution in [0.2, 0.25) is 0 Å². The molecule has 0 spiro atoms. The standard InChI is InChI=1S/C11H18N4O/c1-8-4-3-5-15(9-6-13-7-14-9)11(16)10(8)12-2/h6-8,10,12H,3-5H2,1-2H3,(H,13,14). The van der Waals surface area contributed by atoms with Crippen LogP contribution < -0.4 is 10.2 Å². The lowest BCUT2D eigenvalue weighted by Gasteiger charge is -2.24. The zero-order valence-electron chi connectivity index (χ0n) is 9.73. The number of rotatable bonds is 2. The summed E-state index contributed by atoms with van der Waals surface area (Å²) < 4.78 is 0. The van der Waals surface area contributed by atoms with Gasteiger partial charge in [0.1, 0.15) is 0 Å². The van der Waals surface area contributed by atoms with Gasteiger partial charge in [-0.25, -0.2) is 4.98 Å². The van der Waals surface area contributed by atoms with Gasteiger partial charge in [-0.05, 0) is 25.8 Å². The fourth-order valence-electron chi connectivity index (χ4n) is 2.30. The van der Waals surface area contributed by atoms with Gasteiger partial charge in [-0.3, -0.25) is 9.69 Å². The highest BCUT2D eigenvalue weighted by atomic mass is 16.2. The minimum atomic E-state index is -0.0980. The molecule has 1 aromatic rings. The minimum absolute atomic E-state index is 0.0980. The monoisotopic (exact) mass is 222 g/mol. The number of nitrogens with zero attached hydrogens (tertiary/aromatic N) is 2. The third-order valence-electron chi connectivity index (χ3n) is 3.21. The molecule has 0 aromatic carbocycles. The van der Waals surface area contributed by atoms with Gasteiger partial charge in [0.25, 0.3) is 0 Å². The van der Waals surface area contributed by atoms with E-state index in [1.807, 2.05) is 7.05 Å². The Morgan fingerprint density at radius 2 is 2.44 bits per heavy atom. The van der Waals surface area contributed by atoms with Crippen molar-refractivity contribution in [2.75, 3.05) is 18.5 Å². The van der Waals surface area contributed by atoms with E-state index in [4.69, 9.17) is 0 Å². The first-order chi connectivity index (χ1) is 7.74. The van der Waals surface area contributed by atoms with Crippen molar-refractivity contribution in [3.63, 3.8) is 0 Å². The highest BCUT2D eigenvalue weighted by Gasteiger charge is 2.32. The summed E-state index contributed by atoms with van der Waals surface area (Å²) in [5, 5.41) is 3.11. The number of amides is 1. The van der Waals surface area contributed by atoms with E-state index in [1.54, 1.807) is 17.4 Å². The highest BCUT2D eigenvalue weighted by Crippen LogP contribution is 2.21. The Hall–Kier alpha value is -1.36. The summed E-state index contributed by atoms with van der Waals surface area (Å²) in [5.41, 5.74) is 0. The molecule has 0 aliphatic carbocycles. The van der Waals surface area contributed by atoms with Crippen LogP contribution in [0.1, 0.15) is 19.8 Å². The van der Waals surface area contributed by atoms with Gasteiger partial charge in [-0.1, -0.05) is 6.92 Å². The molecule has 5 nitrogen and oxygen atoms in total. The van der Waals surface area contributed by atoms with Crippen molar-refractivity contribution in [3.8, 4) is 0 Å². The van der Waals surface area contributed by atoms with Crippen LogP contribution >= 0.6 is 0 Å². The lowest BCUT2D eigenvalue weighted by molar-refractivity contribution is -0.121. The number of carbonyl (C=O) groups excluding carboxylic acids is 1. The van der Waals surface area contributed by atoms with Crippen LogP contribution in [-0.4, -0.2) is 35.5 Å². The Kier molecular flexibility index (Phi) is 3.24. The van der Waals surface area contributed by atoms with E-state index in [0.717, 1.165) is 25.2 Å². The van der Waals surface area contributed by atoms with Gasteiger partial charge in [-0.15, -0.1) is 0 Å². The molecule has 1 saturated heterocycles. The number of aromatic amines is 1. The molecule has 1 aromatic heterocycles. The summed E-state index contributed by atoms with van der Waals surface area (Å²) in [4.78, 5) is 21.1. The number of hydrogen-bond acceptors (Lipinski definition) is 3. The number of carbonyl (C=O) groups is 1. The topological polar surface area (TPSA) is 61.0 Å². The second-order valence-corrected chi connectivity index (χ2v) is 4.30. The molecule has 0 saturated carbocycles. The van der Waals surface area contributed by atoms with Gasteiger partial charge < -0.3 is 10.3 Å². The van der Waals surface area contributed by atoms with E-state index in [9.17, 15) is 4.79 Å². The quantitative estimate of drug-likeness (QED) is 0.776. The summed E-state index contributed by atoms with van der Waals surface area (Å²) >= 11 is 0. The Balaban J connectivity index is 2.23. The fourth-order valence-corrected chi connectivity index (χ4v) is 2.30. The molecule has 5 heteroatoms. The average Bonchev–Trinajstić information content (AvgIpc) is 2.74. The van der Waals surface area contributed by atoms with Gasteiger partial charge in [0.05, 0.1) is 12.4 Å². The number of likely N-dealkylation sites (N-methyl/N-ethyl adjacent to an activating group) is 1. The molecule has 2 atom stereocenters. The maximum Gasteiger partial charge on any atom is 0.245 e. The lowest BCUT2D eigenvalue weighted by atomic mass is 9.98. The summed E-state index contributed by atoms with van der Waals surface area (Å²) in [7, 11) is 1.84. The smallest absolute Gasteiger partial charge is 0.245 e. The first kappa shape index (κ1) is 11.1. The maximum atomic E-state index is 12.3. The van der Waals surface area contributed by atoms with E-state index in [1.165, 1.54) is 0 Å². The van der Waals surface area contributed by atoms with Gasteiger partial charge in [0, 0.05) is 12.7 Å². The average molecular weight is 222 g/mol. The molecule has 2 unspecified atom stereocenters. The molecular weight excluding hydrogens is 204 g/mol. The van der Waals surface area contributed by atoms with Crippen LogP contribution in [0.25, 0.3) is 0 Å². The van der Waals surface area contributed by atoms with Crippen LogP contribution in [0.15, 0.2) is 12.5 Å².